The number of nitrogens with one attached hydrogen (secondary N) is 1. The third kappa shape index (κ3) is 4.64. The van der Waals surface area contributed by atoms with Gasteiger partial charge in [0.25, 0.3) is 0 Å². The van der Waals surface area contributed by atoms with Crippen molar-refractivity contribution in [1.29, 1.82) is 0 Å². The summed E-state index contributed by atoms with van der Waals surface area (Å²) in [4.78, 5) is 39.1. The van der Waals surface area contributed by atoms with Crippen LogP contribution in [0.3, 0.4) is 0 Å². The lowest BCUT2D eigenvalue weighted by atomic mass is 10.1. The second-order valence-corrected chi connectivity index (χ2v) is 8.75. The summed E-state index contributed by atoms with van der Waals surface area (Å²) in [5.74, 6) is 1.34. The van der Waals surface area contributed by atoms with Crippen LogP contribution in [0.2, 0.25) is 0 Å². The SMILES string of the molecule is Nc1ncc(-c2nc(N3CCOCC3)nc3c2CCN3C(=O)Nc2ccc(-c3ccncc3)cc2)cn1. The maximum absolute atomic E-state index is 13.4. The molecule has 0 saturated carbocycles. The summed E-state index contributed by atoms with van der Waals surface area (Å²) in [6.07, 6.45) is 7.44. The van der Waals surface area contributed by atoms with Gasteiger partial charge >= 0.3 is 6.03 Å². The van der Waals surface area contributed by atoms with Crippen LogP contribution < -0.4 is 20.9 Å². The molecule has 1 aromatic carbocycles. The summed E-state index contributed by atoms with van der Waals surface area (Å²) >= 11 is 0. The Morgan fingerprint density at radius 3 is 2.32 bits per heavy atom. The van der Waals surface area contributed by atoms with Gasteiger partial charge in [-0.2, -0.15) is 4.98 Å². The topological polar surface area (TPSA) is 135 Å². The number of nitrogen functional groups attached to an aromatic ring is 1. The van der Waals surface area contributed by atoms with Gasteiger partial charge in [-0.3, -0.25) is 9.88 Å². The van der Waals surface area contributed by atoms with Gasteiger partial charge in [0.05, 0.1) is 18.9 Å². The molecule has 0 spiro atoms. The van der Waals surface area contributed by atoms with E-state index < -0.39 is 0 Å². The molecule has 37 heavy (non-hydrogen) atoms. The number of anilines is 4. The Bertz CT molecular complexity index is 1410. The Balaban J connectivity index is 1.30. The molecular formula is C26H25N9O2. The number of fused-ring (bicyclic) bond motifs is 1. The molecule has 6 rings (SSSR count). The van der Waals surface area contributed by atoms with Crippen molar-refractivity contribution >= 4 is 29.4 Å². The molecule has 0 radical (unpaired) electrons. The number of benzene rings is 1. The molecule has 0 bridgehead atoms. The lowest BCUT2D eigenvalue weighted by Gasteiger charge is -2.28. The largest absolute Gasteiger partial charge is 0.378 e. The van der Waals surface area contributed by atoms with Crippen LogP contribution in [0.15, 0.2) is 61.2 Å². The minimum atomic E-state index is -0.249. The molecule has 1 saturated heterocycles. The number of hydrogen-bond donors (Lipinski definition) is 2. The van der Waals surface area contributed by atoms with Gasteiger partial charge in [0.15, 0.2) is 0 Å². The van der Waals surface area contributed by atoms with Gasteiger partial charge in [-0.25, -0.2) is 19.7 Å². The van der Waals surface area contributed by atoms with Gasteiger partial charge in [-0.1, -0.05) is 12.1 Å². The van der Waals surface area contributed by atoms with Crippen molar-refractivity contribution in [2.75, 3.05) is 53.7 Å². The van der Waals surface area contributed by atoms with Crippen molar-refractivity contribution in [3.05, 3.63) is 66.7 Å². The van der Waals surface area contributed by atoms with Crippen molar-refractivity contribution in [2.24, 2.45) is 0 Å². The van der Waals surface area contributed by atoms with Crippen LogP contribution in [0.1, 0.15) is 5.56 Å². The molecule has 3 N–H and O–H groups in total. The highest BCUT2D eigenvalue weighted by Crippen LogP contribution is 2.36. The molecule has 2 aliphatic rings. The van der Waals surface area contributed by atoms with E-state index in [-0.39, 0.29) is 12.0 Å². The van der Waals surface area contributed by atoms with Crippen molar-refractivity contribution in [2.45, 2.75) is 6.42 Å². The van der Waals surface area contributed by atoms with Gasteiger partial charge in [-0.05, 0) is 41.8 Å². The summed E-state index contributed by atoms with van der Waals surface area (Å²) in [5.41, 5.74) is 10.8. The zero-order valence-electron chi connectivity index (χ0n) is 20.0. The first kappa shape index (κ1) is 22.8. The number of aromatic nitrogens is 5. The number of nitrogens with zero attached hydrogens (tertiary/aromatic N) is 7. The molecule has 11 nitrogen and oxygen atoms in total. The minimum Gasteiger partial charge on any atom is -0.378 e. The van der Waals surface area contributed by atoms with Gasteiger partial charge in [0.2, 0.25) is 11.9 Å². The Morgan fingerprint density at radius 2 is 1.59 bits per heavy atom. The number of carbonyl (C=O) groups excluding carboxylic acids is 1. The predicted octanol–water partition coefficient (Wildman–Crippen LogP) is 3.01. The van der Waals surface area contributed by atoms with E-state index in [0.717, 1.165) is 22.3 Å². The number of nitrogens with two attached hydrogens (primary N) is 1. The molecule has 0 unspecified atom stereocenters. The van der Waals surface area contributed by atoms with Crippen LogP contribution in [-0.4, -0.2) is 63.8 Å². The van der Waals surface area contributed by atoms with Crippen molar-refractivity contribution < 1.29 is 9.53 Å². The number of morpholine rings is 1. The summed E-state index contributed by atoms with van der Waals surface area (Å²) in [7, 11) is 0. The highest BCUT2D eigenvalue weighted by atomic mass is 16.5. The average molecular weight is 496 g/mol. The van der Waals surface area contributed by atoms with Crippen molar-refractivity contribution in [3.8, 4) is 22.4 Å². The van der Waals surface area contributed by atoms with Crippen molar-refractivity contribution in [3.63, 3.8) is 0 Å². The lowest BCUT2D eigenvalue weighted by molar-refractivity contribution is 0.122. The maximum Gasteiger partial charge on any atom is 0.327 e. The van der Waals surface area contributed by atoms with Crippen LogP contribution in [0, 0.1) is 0 Å². The second-order valence-electron chi connectivity index (χ2n) is 8.75. The number of carbonyl (C=O) groups is 1. The highest BCUT2D eigenvalue weighted by Gasteiger charge is 2.32. The number of hydrogen-bond acceptors (Lipinski definition) is 9. The smallest absolute Gasteiger partial charge is 0.327 e. The summed E-state index contributed by atoms with van der Waals surface area (Å²) in [6, 6.07) is 11.4. The fourth-order valence-electron chi connectivity index (χ4n) is 4.53. The fourth-order valence-corrected chi connectivity index (χ4v) is 4.53. The zero-order chi connectivity index (χ0) is 25.2. The Labute approximate surface area is 213 Å². The van der Waals surface area contributed by atoms with Gasteiger partial charge in [-0.15, -0.1) is 0 Å². The van der Waals surface area contributed by atoms with Crippen LogP contribution >= 0.6 is 0 Å². The standard InChI is InChI=1S/C26H25N9O2/c27-24-29-15-19(16-30-24)22-21-7-10-35(23(21)33-25(32-22)34-11-13-37-14-12-34)26(36)31-20-3-1-17(2-4-20)18-5-8-28-9-6-18/h1-6,8-9,15-16H,7,10-14H2,(H,31,36)(H2,27,29,30). The van der Waals surface area contributed by atoms with E-state index in [1.54, 1.807) is 29.7 Å². The number of urea groups is 1. The molecule has 5 heterocycles. The fraction of sp³-hybridized carbons (Fsp3) is 0.231. The summed E-state index contributed by atoms with van der Waals surface area (Å²) < 4.78 is 5.50. The summed E-state index contributed by atoms with van der Waals surface area (Å²) in [5, 5.41) is 3.01. The normalized spacial score (nSPS) is 14.9. The predicted molar refractivity (Wildman–Crippen MR) is 140 cm³/mol. The number of ether oxygens (including phenoxy) is 1. The molecule has 186 valence electrons. The molecule has 3 aromatic heterocycles. The third-order valence-electron chi connectivity index (χ3n) is 6.45. The number of pyridine rings is 1. The van der Waals surface area contributed by atoms with E-state index in [1.165, 1.54) is 0 Å². The first-order valence-electron chi connectivity index (χ1n) is 12.1. The molecular weight excluding hydrogens is 470 g/mol. The first-order chi connectivity index (χ1) is 18.2. The van der Waals surface area contributed by atoms with E-state index in [9.17, 15) is 4.79 Å². The van der Waals surface area contributed by atoms with Crippen LogP contribution in [0.4, 0.5) is 28.2 Å². The zero-order valence-corrected chi connectivity index (χ0v) is 20.0. The number of amides is 2. The monoisotopic (exact) mass is 495 g/mol. The Hall–Kier alpha value is -4.64. The molecule has 4 aromatic rings. The molecule has 11 heteroatoms. The maximum atomic E-state index is 13.4. The minimum absolute atomic E-state index is 0.193. The molecule has 0 aliphatic carbocycles. The van der Waals surface area contributed by atoms with Gasteiger partial charge in [0.1, 0.15) is 5.82 Å². The molecule has 0 atom stereocenters. The van der Waals surface area contributed by atoms with Gasteiger partial charge in [0, 0.05) is 61.2 Å². The lowest BCUT2D eigenvalue weighted by Crippen LogP contribution is -2.38. The molecule has 2 amide bonds. The quantitative estimate of drug-likeness (QED) is 0.438. The second kappa shape index (κ2) is 9.78. The van der Waals surface area contributed by atoms with Crippen LogP contribution in [-0.2, 0) is 11.2 Å². The number of rotatable bonds is 4. The molecule has 2 aliphatic heterocycles. The summed E-state index contributed by atoms with van der Waals surface area (Å²) in [6.45, 7) is 3.03. The third-order valence-corrected chi connectivity index (χ3v) is 6.45. The van der Waals surface area contributed by atoms with Crippen LogP contribution in [0.25, 0.3) is 22.4 Å². The van der Waals surface area contributed by atoms with E-state index in [1.807, 2.05) is 36.4 Å². The van der Waals surface area contributed by atoms with E-state index in [0.29, 0.717) is 62.4 Å². The Morgan fingerprint density at radius 1 is 0.892 bits per heavy atom. The van der Waals surface area contributed by atoms with E-state index in [2.05, 4.69) is 25.2 Å². The Kier molecular flexibility index (Phi) is 6.03. The van der Waals surface area contributed by atoms with Crippen molar-refractivity contribution in [1.82, 2.24) is 24.9 Å². The first-order valence-corrected chi connectivity index (χ1v) is 12.1. The van der Waals surface area contributed by atoms with E-state index >= 15 is 0 Å². The van der Waals surface area contributed by atoms with Crippen LogP contribution in [0.5, 0.6) is 0 Å². The average Bonchev–Trinajstić information content (AvgIpc) is 3.39. The highest BCUT2D eigenvalue weighted by molar-refractivity contribution is 6.03. The molecule has 1 fully saturated rings. The van der Waals surface area contributed by atoms with E-state index in [4.69, 9.17) is 20.4 Å². The van der Waals surface area contributed by atoms with Gasteiger partial charge < -0.3 is 20.7 Å².